The maximum Gasteiger partial charge on any atom is 0.260 e. The smallest absolute Gasteiger partial charge is 0.260 e. The van der Waals surface area contributed by atoms with Gasteiger partial charge >= 0.3 is 0 Å². The molecule has 1 aliphatic rings. The number of imidazole rings is 1. The topological polar surface area (TPSA) is 102 Å². The van der Waals surface area contributed by atoms with Crippen LogP contribution in [0.15, 0.2) is 16.6 Å². The fourth-order valence-corrected chi connectivity index (χ4v) is 6.06. The van der Waals surface area contributed by atoms with Gasteiger partial charge in [0.2, 0.25) is 5.03 Å². The predicted octanol–water partition coefficient (Wildman–Crippen LogP) is 1.24. The number of anilines is 1. The molecule has 0 saturated heterocycles. The molecule has 1 fully saturated rings. The van der Waals surface area contributed by atoms with Crippen molar-refractivity contribution in [2.45, 2.75) is 35.6 Å². The molecule has 0 aliphatic heterocycles. The van der Waals surface area contributed by atoms with Crippen LogP contribution in [0.25, 0.3) is 4.96 Å². The Hall–Kier alpha value is -0.810. The van der Waals surface area contributed by atoms with Gasteiger partial charge in [-0.15, -0.1) is 11.3 Å². The molecule has 116 valence electrons. The van der Waals surface area contributed by atoms with Crippen LogP contribution >= 0.6 is 23.1 Å². The number of nitrogen functional groups attached to an aromatic ring is 1. The van der Waals surface area contributed by atoms with E-state index in [9.17, 15) is 8.42 Å². The molecule has 2 aromatic rings. The summed E-state index contributed by atoms with van der Waals surface area (Å²) in [5.41, 5.74) is 2.38. The third-order valence-corrected chi connectivity index (χ3v) is 7.11. The maximum absolute atomic E-state index is 12.7. The first kappa shape index (κ1) is 15.1. The Labute approximate surface area is 131 Å². The van der Waals surface area contributed by atoms with Crippen LogP contribution in [0.3, 0.4) is 0 Å². The number of hydrogen-bond donors (Lipinski definition) is 3. The Morgan fingerprint density at radius 2 is 2.33 bits per heavy atom. The first-order valence-electron chi connectivity index (χ1n) is 6.54. The number of nitrogens with two attached hydrogens (primary N) is 1. The number of rotatable bonds is 5. The van der Waals surface area contributed by atoms with Crippen molar-refractivity contribution in [2.75, 3.05) is 11.7 Å². The van der Waals surface area contributed by atoms with E-state index in [0.29, 0.717) is 10.2 Å². The third kappa shape index (κ3) is 2.66. The minimum atomic E-state index is -3.68. The molecule has 10 heteroatoms. The van der Waals surface area contributed by atoms with Crippen molar-refractivity contribution in [3.05, 3.63) is 11.6 Å². The van der Waals surface area contributed by atoms with Gasteiger partial charge in [0.1, 0.15) is 0 Å². The largest absolute Gasteiger partial charge is 0.306 e. The molecule has 4 N–H and O–H groups in total. The zero-order valence-electron chi connectivity index (χ0n) is 11.4. The molecule has 2 atom stereocenters. The number of fused-ring (bicyclic) bond motifs is 1. The summed E-state index contributed by atoms with van der Waals surface area (Å²) in [6.07, 6.45) is 6.64. The molecule has 2 heterocycles. The standard InChI is InChI=1S/C11H17N5O2S3/c1-19-8-4-2-3-7(8)15-21(17,18)10-9(14-12)13-11-16(10)5-6-20-11/h5-8,14-15H,2-4,12H2,1H3. The van der Waals surface area contributed by atoms with Crippen LogP contribution in [0.4, 0.5) is 5.82 Å². The Morgan fingerprint density at radius 3 is 3.05 bits per heavy atom. The second kappa shape index (κ2) is 5.76. The lowest BCUT2D eigenvalue weighted by atomic mass is 10.3. The molecule has 2 unspecified atom stereocenters. The Morgan fingerprint density at radius 1 is 1.52 bits per heavy atom. The van der Waals surface area contributed by atoms with E-state index < -0.39 is 10.0 Å². The van der Waals surface area contributed by atoms with Gasteiger partial charge in [-0.3, -0.25) is 4.40 Å². The van der Waals surface area contributed by atoms with E-state index in [1.165, 1.54) is 11.3 Å². The summed E-state index contributed by atoms with van der Waals surface area (Å²) in [6.45, 7) is 0. The molecule has 2 aromatic heterocycles. The van der Waals surface area contributed by atoms with Gasteiger partial charge in [0.05, 0.1) is 0 Å². The van der Waals surface area contributed by atoms with E-state index >= 15 is 0 Å². The molecule has 3 rings (SSSR count). The highest BCUT2D eigenvalue weighted by Crippen LogP contribution is 2.31. The van der Waals surface area contributed by atoms with E-state index in [0.717, 1.165) is 19.3 Å². The molecule has 1 saturated carbocycles. The quantitative estimate of drug-likeness (QED) is 0.556. The summed E-state index contributed by atoms with van der Waals surface area (Å²) in [6, 6.07) is -0.0418. The van der Waals surface area contributed by atoms with Gasteiger partial charge in [-0.25, -0.2) is 19.0 Å². The summed E-state index contributed by atoms with van der Waals surface area (Å²) in [5.74, 6) is 5.59. The highest BCUT2D eigenvalue weighted by Gasteiger charge is 2.33. The lowest BCUT2D eigenvalue weighted by Crippen LogP contribution is -2.39. The average molecular weight is 347 g/mol. The predicted molar refractivity (Wildman–Crippen MR) is 86.1 cm³/mol. The normalized spacial score (nSPS) is 23.0. The van der Waals surface area contributed by atoms with E-state index in [4.69, 9.17) is 5.84 Å². The zero-order chi connectivity index (χ0) is 15.0. The Balaban J connectivity index is 1.98. The number of thiazole rings is 1. The molecule has 0 aromatic carbocycles. The van der Waals surface area contributed by atoms with Gasteiger partial charge in [-0.1, -0.05) is 6.42 Å². The monoisotopic (exact) mass is 347 g/mol. The van der Waals surface area contributed by atoms with Gasteiger partial charge in [0, 0.05) is 22.9 Å². The molecule has 7 nitrogen and oxygen atoms in total. The number of hydrazine groups is 1. The van der Waals surface area contributed by atoms with Crippen LogP contribution in [-0.4, -0.2) is 35.4 Å². The first-order chi connectivity index (χ1) is 10.1. The number of hydrogen-bond acceptors (Lipinski definition) is 7. The van der Waals surface area contributed by atoms with E-state index in [-0.39, 0.29) is 16.9 Å². The Bertz CT molecular complexity index is 738. The van der Waals surface area contributed by atoms with Crippen molar-refractivity contribution >= 4 is 43.9 Å². The second-order valence-corrected chi connectivity index (χ2v) is 8.48. The number of thioether (sulfide) groups is 1. The van der Waals surface area contributed by atoms with Crippen LogP contribution in [0.5, 0.6) is 0 Å². The van der Waals surface area contributed by atoms with E-state index in [1.807, 2.05) is 6.26 Å². The van der Waals surface area contributed by atoms with Crippen molar-refractivity contribution in [2.24, 2.45) is 5.84 Å². The molecule has 0 radical (unpaired) electrons. The van der Waals surface area contributed by atoms with Gasteiger partial charge in [-0.05, 0) is 19.1 Å². The molecular formula is C11H17N5O2S3. The lowest BCUT2D eigenvalue weighted by molar-refractivity contribution is 0.551. The highest BCUT2D eigenvalue weighted by molar-refractivity contribution is 7.99. The number of nitrogens with one attached hydrogen (secondary N) is 2. The van der Waals surface area contributed by atoms with Crippen LogP contribution in [0.2, 0.25) is 0 Å². The minimum absolute atomic E-state index is 0.0418. The minimum Gasteiger partial charge on any atom is -0.306 e. The molecule has 21 heavy (non-hydrogen) atoms. The van der Waals surface area contributed by atoms with Crippen LogP contribution < -0.4 is 16.0 Å². The summed E-state index contributed by atoms with van der Waals surface area (Å²) >= 11 is 3.07. The van der Waals surface area contributed by atoms with E-state index in [2.05, 4.69) is 15.1 Å². The van der Waals surface area contributed by atoms with Crippen molar-refractivity contribution in [3.8, 4) is 0 Å². The third-order valence-electron chi connectivity index (χ3n) is 3.67. The first-order valence-corrected chi connectivity index (χ1v) is 10.2. The number of nitrogens with zero attached hydrogens (tertiary/aromatic N) is 2. The van der Waals surface area contributed by atoms with Crippen LogP contribution in [0.1, 0.15) is 19.3 Å². The molecular weight excluding hydrogens is 330 g/mol. The second-order valence-electron chi connectivity index (χ2n) is 4.90. The summed E-state index contributed by atoms with van der Waals surface area (Å²) in [4.78, 5) is 4.79. The summed E-state index contributed by atoms with van der Waals surface area (Å²) in [5, 5.41) is 2.19. The molecule has 1 aliphatic carbocycles. The molecule has 0 spiro atoms. The molecule has 0 bridgehead atoms. The van der Waals surface area contributed by atoms with Crippen molar-refractivity contribution < 1.29 is 8.42 Å². The maximum atomic E-state index is 12.7. The fourth-order valence-electron chi connectivity index (χ4n) is 2.71. The summed E-state index contributed by atoms with van der Waals surface area (Å²) in [7, 11) is -3.68. The zero-order valence-corrected chi connectivity index (χ0v) is 13.9. The average Bonchev–Trinajstić information content (AvgIpc) is 3.11. The fraction of sp³-hybridized carbons (Fsp3) is 0.545. The molecule has 0 amide bonds. The van der Waals surface area contributed by atoms with Crippen molar-refractivity contribution in [3.63, 3.8) is 0 Å². The van der Waals surface area contributed by atoms with Gasteiger partial charge in [0.25, 0.3) is 10.0 Å². The van der Waals surface area contributed by atoms with Crippen molar-refractivity contribution in [1.29, 1.82) is 0 Å². The van der Waals surface area contributed by atoms with Gasteiger partial charge < -0.3 is 5.43 Å². The number of sulfonamides is 1. The van der Waals surface area contributed by atoms with Gasteiger partial charge in [-0.2, -0.15) is 16.7 Å². The van der Waals surface area contributed by atoms with Crippen LogP contribution in [-0.2, 0) is 10.0 Å². The lowest BCUT2D eigenvalue weighted by Gasteiger charge is -2.19. The highest BCUT2D eigenvalue weighted by atomic mass is 32.2. The van der Waals surface area contributed by atoms with Crippen LogP contribution in [0, 0.1) is 0 Å². The SMILES string of the molecule is CSC1CCCC1NS(=O)(=O)c1c(NN)nc2sccn12. The Kier molecular flexibility index (Phi) is 4.14. The number of aromatic nitrogens is 2. The van der Waals surface area contributed by atoms with Gasteiger partial charge in [0.15, 0.2) is 10.8 Å². The summed E-state index contributed by atoms with van der Waals surface area (Å²) < 4.78 is 29.8. The van der Waals surface area contributed by atoms with Crippen molar-refractivity contribution in [1.82, 2.24) is 14.1 Å². The van der Waals surface area contributed by atoms with E-state index in [1.54, 1.807) is 27.7 Å².